The number of nitrogens with one attached hydrogen (secondary N) is 2. The first-order valence-corrected chi connectivity index (χ1v) is 9.24. The molecule has 0 spiro atoms. The van der Waals surface area contributed by atoms with Gasteiger partial charge in [0.15, 0.2) is 5.58 Å². The second-order valence-electron chi connectivity index (χ2n) is 7.05. The zero-order chi connectivity index (χ0) is 18.4. The maximum Gasteiger partial charge on any atom is 0.295 e. The first-order valence-electron chi connectivity index (χ1n) is 9.24. The molecular formula is C20H21FN4O2. The molecule has 140 valence electrons. The van der Waals surface area contributed by atoms with Crippen LogP contribution in [0.2, 0.25) is 0 Å². The van der Waals surface area contributed by atoms with E-state index >= 15 is 0 Å². The van der Waals surface area contributed by atoms with Crippen molar-refractivity contribution in [3.8, 4) is 0 Å². The third-order valence-electron chi connectivity index (χ3n) is 5.40. The highest BCUT2D eigenvalue weighted by Gasteiger charge is 2.38. The number of halogens is 1. The molecule has 3 heterocycles. The lowest BCUT2D eigenvalue weighted by Crippen LogP contribution is -2.34. The summed E-state index contributed by atoms with van der Waals surface area (Å²) in [5.41, 5.74) is 5.80. The summed E-state index contributed by atoms with van der Waals surface area (Å²) < 4.78 is 20.2. The van der Waals surface area contributed by atoms with Crippen molar-refractivity contribution in [3.05, 3.63) is 53.4 Å². The number of hydrogen-bond donors (Lipinski definition) is 3. The molecule has 2 aliphatic heterocycles. The standard InChI is InChI=1S/C20H21FN4O2/c21-14-2-1-3-17-19(14)13-11-25(8-6-15(13)23-17)12-4-5-16-18(10-12)27-20(24-16)22-7-9-26/h1-5,10,14,19,23,26H,6-9,11H2,(H,22,24). The van der Waals surface area contributed by atoms with Gasteiger partial charge in [-0.3, -0.25) is 0 Å². The van der Waals surface area contributed by atoms with Crippen LogP contribution in [0.15, 0.2) is 57.8 Å². The lowest BCUT2D eigenvalue weighted by molar-refractivity contribution is 0.310. The normalized spacial score (nSPS) is 23.9. The molecule has 7 heteroatoms. The van der Waals surface area contributed by atoms with Crippen molar-refractivity contribution in [3.63, 3.8) is 0 Å². The van der Waals surface area contributed by atoms with Crippen molar-refractivity contribution >= 4 is 22.8 Å². The largest absolute Gasteiger partial charge is 0.423 e. The fraction of sp³-hybridized carbons (Fsp3) is 0.350. The molecule has 2 atom stereocenters. The van der Waals surface area contributed by atoms with Crippen LogP contribution in [0.5, 0.6) is 0 Å². The number of oxazole rings is 1. The summed E-state index contributed by atoms with van der Waals surface area (Å²) >= 11 is 0. The Kier molecular flexibility index (Phi) is 3.89. The van der Waals surface area contributed by atoms with Gasteiger partial charge in [-0.05, 0) is 29.9 Å². The number of aliphatic hydroxyl groups is 1. The number of benzene rings is 1. The number of allylic oxidation sites excluding steroid dienone is 4. The Bertz CT molecular complexity index is 978. The highest BCUT2D eigenvalue weighted by molar-refractivity contribution is 5.79. The molecule has 2 aromatic rings. The average molecular weight is 368 g/mol. The van der Waals surface area contributed by atoms with Crippen molar-refractivity contribution in [2.45, 2.75) is 12.6 Å². The van der Waals surface area contributed by atoms with Gasteiger partial charge in [0.25, 0.3) is 6.01 Å². The smallest absolute Gasteiger partial charge is 0.295 e. The Labute approximate surface area is 156 Å². The van der Waals surface area contributed by atoms with E-state index in [1.165, 1.54) is 5.70 Å². The first kappa shape index (κ1) is 16.4. The minimum atomic E-state index is -0.970. The summed E-state index contributed by atoms with van der Waals surface area (Å²) in [6.45, 7) is 1.98. The number of nitrogens with zero attached hydrogens (tertiary/aromatic N) is 2. The predicted octanol–water partition coefficient (Wildman–Crippen LogP) is 2.71. The summed E-state index contributed by atoms with van der Waals surface area (Å²) in [6, 6.07) is 6.34. The molecule has 6 nitrogen and oxygen atoms in total. The summed E-state index contributed by atoms with van der Waals surface area (Å²) in [6.07, 6.45) is 5.30. The van der Waals surface area contributed by atoms with Crippen molar-refractivity contribution < 1.29 is 13.9 Å². The van der Waals surface area contributed by atoms with Crippen LogP contribution in [0.1, 0.15) is 6.42 Å². The molecule has 2 unspecified atom stereocenters. The van der Waals surface area contributed by atoms with E-state index in [0.717, 1.165) is 35.4 Å². The summed E-state index contributed by atoms with van der Waals surface area (Å²) in [7, 11) is 0. The number of alkyl halides is 1. The van der Waals surface area contributed by atoms with Crippen molar-refractivity contribution in [1.29, 1.82) is 0 Å². The van der Waals surface area contributed by atoms with Crippen LogP contribution in [-0.4, -0.2) is 42.5 Å². The van der Waals surface area contributed by atoms with Crippen molar-refractivity contribution in [2.75, 3.05) is 36.5 Å². The SMILES string of the molecule is OCCNc1nc2ccc(N3CCC4=C(C3)C3C(=CC=CC3F)N4)cc2o1. The molecule has 1 aliphatic carbocycles. The third-order valence-corrected chi connectivity index (χ3v) is 5.40. The Balaban J connectivity index is 1.40. The van der Waals surface area contributed by atoms with Gasteiger partial charge in [0.2, 0.25) is 0 Å². The van der Waals surface area contributed by atoms with Gasteiger partial charge in [-0.1, -0.05) is 6.08 Å². The molecule has 0 saturated carbocycles. The zero-order valence-electron chi connectivity index (χ0n) is 14.8. The Morgan fingerprint density at radius 3 is 3.22 bits per heavy atom. The Morgan fingerprint density at radius 2 is 2.33 bits per heavy atom. The topological polar surface area (TPSA) is 73.6 Å². The van der Waals surface area contributed by atoms with Gasteiger partial charge in [-0.15, -0.1) is 0 Å². The van der Waals surface area contributed by atoms with Gasteiger partial charge in [0, 0.05) is 49.2 Å². The van der Waals surface area contributed by atoms with Crippen LogP contribution in [-0.2, 0) is 0 Å². The lowest BCUT2D eigenvalue weighted by Gasteiger charge is -2.32. The molecule has 0 saturated heterocycles. The second-order valence-corrected chi connectivity index (χ2v) is 7.05. The fourth-order valence-corrected chi connectivity index (χ4v) is 4.11. The molecule has 0 bridgehead atoms. The van der Waals surface area contributed by atoms with E-state index in [-0.39, 0.29) is 12.5 Å². The zero-order valence-corrected chi connectivity index (χ0v) is 14.8. The van der Waals surface area contributed by atoms with Gasteiger partial charge in [0.1, 0.15) is 11.7 Å². The van der Waals surface area contributed by atoms with E-state index in [1.54, 1.807) is 12.2 Å². The molecule has 0 amide bonds. The minimum absolute atomic E-state index is 0.0194. The van der Waals surface area contributed by atoms with E-state index in [4.69, 9.17) is 9.52 Å². The molecule has 0 radical (unpaired) electrons. The van der Waals surface area contributed by atoms with E-state index < -0.39 is 6.17 Å². The lowest BCUT2D eigenvalue weighted by atomic mass is 9.88. The number of aliphatic hydroxyl groups excluding tert-OH is 1. The fourth-order valence-electron chi connectivity index (χ4n) is 4.11. The number of anilines is 2. The summed E-state index contributed by atoms with van der Waals surface area (Å²) in [5, 5.41) is 15.3. The molecule has 5 rings (SSSR count). The monoisotopic (exact) mass is 368 g/mol. The van der Waals surface area contributed by atoms with Crippen LogP contribution >= 0.6 is 0 Å². The van der Waals surface area contributed by atoms with Crippen LogP contribution in [0, 0.1) is 5.92 Å². The summed E-state index contributed by atoms with van der Waals surface area (Å²) in [5.74, 6) is -0.184. The van der Waals surface area contributed by atoms with Gasteiger partial charge in [0.05, 0.1) is 12.5 Å². The van der Waals surface area contributed by atoms with Gasteiger partial charge < -0.3 is 25.1 Å². The predicted molar refractivity (Wildman–Crippen MR) is 102 cm³/mol. The average Bonchev–Trinajstić information content (AvgIpc) is 3.26. The highest BCUT2D eigenvalue weighted by atomic mass is 19.1. The van der Waals surface area contributed by atoms with E-state index in [1.807, 2.05) is 24.3 Å². The summed E-state index contributed by atoms with van der Waals surface area (Å²) in [4.78, 5) is 6.62. The van der Waals surface area contributed by atoms with Gasteiger partial charge >= 0.3 is 0 Å². The Hall–Kier alpha value is -2.80. The van der Waals surface area contributed by atoms with Gasteiger partial charge in [-0.25, -0.2) is 4.39 Å². The van der Waals surface area contributed by atoms with Crippen LogP contribution < -0.4 is 15.5 Å². The van der Waals surface area contributed by atoms with Gasteiger partial charge in [-0.2, -0.15) is 4.98 Å². The maximum absolute atomic E-state index is 14.5. The maximum atomic E-state index is 14.5. The third kappa shape index (κ3) is 2.78. The number of fused-ring (bicyclic) bond motifs is 3. The van der Waals surface area contributed by atoms with Crippen molar-refractivity contribution in [2.24, 2.45) is 5.92 Å². The first-order chi connectivity index (χ1) is 13.2. The van der Waals surface area contributed by atoms with E-state index in [0.29, 0.717) is 24.7 Å². The van der Waals surface area contributed by atoms with Crippen LogP contribution in [0.4, 0.5) is 16.1 Å². The number of aromatic nitrogens is 1. The van der Waals surface area contributed by atoms with Crippen molar-refractivity contribution in [1.82, 2.24) is 10.3 Å². The molecular weight excluding hydrogens is 347 g/mol. The quantitative estimate of drug-likeness (QED) is 0.771. The van der Waals surface area contributed by atoms with Crippen LogP contribution in [0.3, 0.4) is 0 Å². The molecule has 1 aromatic carbocycles. The van der Waals surface area contributed by atoms with E-state index in [9.17, 15) is 4.39 Å². The molecule has 1 aromatic heterocycles. The minimum Gasteiger partial charge on any atom is -0.423 e. The molecule has 3 N–H and O–H groups in total. The van der Waals surface area contributed by atoms with E-state index in [2.05, 4.69) is 20.5 Å². The highest BCUT2D eigenvalue weighted by Crippen LogP contribution is 2.40. The molecule has 27 heavy (non-hydrogen) atoms. The number of hydrogen-bond acceptors (Lipinski definition) is 6. The molecule has 0 fully saturated rings. The van der Waals surface area contributed by atoms with Crippen LogP contribution in [0.25, 0.3) is 11.1 Å². The second kappa shape index (κ2) is 6.42. The Morgan fingerprint density at radius 1 is 1.41 bits per heavy atom. The number of rotatable bonds is 4. The molecule has 3 aliphatic rings.